The second kappa shape index (κ2) is 7.80. The minimum absolute atomic E-state index is 0.223. The molecule has 3 aromatic heterocycles. The number of nitrogen functional groups attached to an aromatic ring is 1. The van der Waals surface area contributed by atoms with Crippen molar-refractivity contribution < 1.29 is 9.90 Å². The average Bonchev–Trinajstić information content (AvgIpc) is 3.47. The number of aromatic nitrogens is 4. The number of carboxylic acids is 1. The largest absolute Gasteiger partial charge is 0.481 e. The summed E-state index contributed by atoms with van der Waals surface area (Å²) in [6.45, 7) is 1.98. The molecule has 3 N–H and O–H groups in total. The van der Waals surface area contributed by atoms with Crippen LogP contribution in [0.3, 0.4) is 0 Å². The normalized spacial score (nSPS) is 21.4. The van der Waals surface area contributed by atoms with Gasteiger partial charge in [-0.1, -0.05) is 12.1 Å². The molecule has 5 rings (SSSR count). The number of pyridine rings is 1. The number of nitrogens with two attached hydrogens (primary N) is 1. The molecule has 2 aliphatic carbocycles. The van der Waals surface area contributed by atoms with Gasteiger partial charge in [-0.25, -0.2) is 4.98 Å². The molecule has 0 unspecified atom stereocenters. The molecule has 0 aliphatic heterocycles. The Bertz CT molecular complexity index is 1170. The van der Waals surface area contributed by atoms with Crippen molar-refractivity contribution in [3.8, 4) is 11.1 Å². The summed E-state index contributed by atoms with van der Waals surface area (Å²) in [6, 6.07) is 4.15. The number of nitrogens with zero attached hydrogens (tertiary/aromatic N) is 4. The number of fused-ring (bicyclic) bond motifs is 1. The maximum absolute atomic E-state index is 11.3. The molecule has 2 aliphatic rings. The predicted molar refractivity (Wildman–Crippen MR) is 120 cm³/mol. The molecule has 31 heavy (non-hydrogen) atoms. The highest BCUT2D eigenvalue weighted by Crippen LogP contribution is 2.38. The monoisotopic (exact) mass is 417 g/mol. The fourth-order valence-electron chi connectivity index (χ4n) is 4.98. The van der Waals surface area contributed by atoms with Gasteiger partial charge in [0.05, 0.1) is 23.5 Å². The Morgan fingerprint density at radius 1 is 1.19 bits per heavy atom. The lowest BCUT2D eigenvalue weighted by atomic mass is 9.79. The zero-order valence-electron chi connectivity index (χ0n) is 17.7. The molecular formula is C24H27N5O2. The molecule has 0 aromatic carbocycles. The number of rotatable bonds is 4. The topological polar surface area (TPSA) is 106 Å². The first-order valence-corrected chi connectivity index (χ1v) is 11.0. The van der Waals surface area contributed by atoms with E-state index in [0.717, 1.165) is 59.4 Å². The Morgan fingerprint density at radius 3 is 2.65 bits per heavy atom. The van der Waals surface area contributed by atoms with Crippen molar-refractivity contribution in [2.24, 2.45) is 5.92 Å². The molecule has 0 amide bonds. The van der Waals surface area contributed by atoms with Gasteiger partial charge >= 0.3 is 5.97 Å². The molecule has 1 fully saturated rings. The first kappa shape index (κ1) is 19.7. The smallest absolute Gasteiger partial charge is 0.306 e. The van der Waals surface area contributed by atoms with E-state index < -0.39 is 5.97 Å². The van der Waals surface area contributed by atoms with Crippen molar-refractivity contribution >= 4 is 23.0 Å². The van der Waals surface area contributed by atoms with Gasteiger partial charge in [0.25, 0.3) is 0 Å². The molecule has 0 atom stereocenters. The summed E-state index contributed by atoms with van der Waals surface area (Å²) in [5.74, 6) is -0.129. The molecule has 1 saturated carbocycles. The predicted octanol–water partition coefficient (Wildman–Crippen LogP) is 4.61. The maximum Gasteiger partial charge on any atom is 0.306 e. The molecule has 7 nitrogen and oxygen atoms in total. The van der Waals surface area contributed by atoms with E-state index in [4.69, 9.17) is 10.7 Å². The van der Waals surface area contributed by atoms with Crippen LogP contribution in [0.4, 0.5) is 5.82 Å². The molecule has 0 spiro atoms. The Kier molecular flexibility index (Phi) is 4.96. The second-order valence-corrected chi connectivity index (χ2v) is 8.74. The van der Waals surface area contributed by atoms with Crippen molar-refractivity contribution in [1.29, 1.82) is 0 Å². The van der Waals surface area contributed by atoms with E-state index in [9.17, 15) is 9.90 Å². The molecule has 0 radical (unpaired) electrons. The minimum atomic E-state index is -0.694. The van der Waals surface area contributed by atoms with Crippen molar-refractivity contribution in [2.75, 3.05) is 5.73 Å². The molecule has 3 aromatic rings. The second-order valence-electron chi connectivity index (χ2n) is 8.74. The zero-order valence-corrected chi connectivity index (χ0v) is 17.7. The average molecular weight is 418 g/mol. The van der Waals surface area contributed by atoms with Gasteiger partial charge in [-0.05, 0) is 63.5 Å². The van der Waals surface area contributed by atoms with Gasteiger partial charge in [-0.15, -0.1) is 0 Å². The van der Waals surface area contributed by atoms with Crippen LogP contribution in [0.15, 0.2) is 30.6 Å². The quantitative estimate of drug-likeness (QED) is 0.642. The molecule has 160 valence electrons. The van der Waals surface area contributed by atoms with E-state index >= 15 is 0 Å². The van der Waals surface area contributed by atoms with Crippen LogP contribution in [0, 0.1) is 12.8 Å². The summed E-state index contributed by atoms with van der Waals surface area (Å²) >= 11 is 0. The third kappa shape index (κ3) is 3.48. The zero-order chi connectivity index (χ0) is 21.5. The van der Waals surface area contributed by atoms with Gasteiger partial charge in [-0.2, -0.15) is 9.61 Å². The lowest BCUT2D eigenvalue weighted by Crippen LogP contribution is -2.22. The van der Waals surface area contributed by atoms with Crippen LogP contribution in [0.1, 0.15) is 67.8 Å². The molecular weight excluding hydrogens is 390 g/mol. The summed E-state index contributed by atoms with van der Waals surface area (Å²) in [5, 5.41) is 13.8. The van der Waals surface area contributed by atoms with Crippen molar-refractivity contribution in [3.63, 3.8) is 0 Å². The van der Waals surface area contributed by atoms with Crippen LogP contribution in [-0.2, 0) is 4.79 Å². The van der Waals surface area contributed by atoms with Gasteiger partial charge in [0.2, 0.25) is 0 Å². The summed E-state index contributed by atoms with van der Waals surface area (Å²) in [5.41, 5.74) is 13.3. The van der Waals surface area contributed by atoms with E-state index in [0.29, 0.717) is 18.7 Å². The Labute approximate surface area is 181 Å². The third-order valence-corrected chi connectivity index (χ3v) is 6.87. The number of anilines is 1. The lowest BCUT2D eigenvalue weighted by Gasteiger charge is -2.27. The van der Waals surface area contributed by atoms with Crippen LogP contribution in [-0.4, -0.2) is 30.7 Å². The highest BCUT2D eigenvalue weighted by molar-refractivity contribution is 5.79. The lowest BCUT2D eigenvalue weighted by molar-refractivity contribution is -0.142. The molecule has 0 bridgehead atoms. The Hall–Kier alpha value is -3.22. The molecule has 0 saturated heterocycles. The van der Waals surface area contributed by atoms with E-state index in [1.165, 1.54) is 12.0 Å². The fourth-order valence-corrected chi connectivity index (χ4v) is 4.98. The third-order valence-electron chi connectivity index (χ3n) is 6.87. The first-order chi connectivity index (χ1) is 15.0. The van der Waals surface area contributed by atoms with Crippen LogP contribution in [0.2, 0.25) is 0 Å². The van der Waals surface area contributed by atoms with E-state index in [2.05, 4.69) is 28.3 Å². The molecule has 3 heterocycles. The maximum atomic E-state index is 11.3. The van der Waals surface area contributed by atoms with Crippen molar-refractivity contribution in [2.45, 2.75) is 57.8 Å². The summed E-state index contributed by atoms with van der Waals surface area (Å²) < 4.78 is 1.70. The minimum Gasteiger partial charge on any atom is -0.481 e. The number of carbonyl (C=O) groups is 1. The van der Waals surface area contributed by atoms with E-state index in [-0.39, 0.29) is 11.8 Å². The Morgan fingerprint density at radius 2 is 2.00 bits per heavy atom. The van der Waals surface area contributed by atoms with Gasteiger partial charge in [0.1, 0.15) is 5.82 Å². The van der Waals surface area contributed by atoms with Gasteiger partial charge < -0.3 is 10.8 Å². The van der Waals surface area contributed by atoms with Crippen LogP contribution < -0.4 is 5.73 Å². The number of aliphatic carboxylic acids is 1. The summed E-state index contributed by atoms with van der Waals surface area (Å²) in [7, 11) is 0. The van der Waals surface area contributed by atoms with Crippen LogP contribution in [0.5, 0.6) is 0 Å². The fraction of sp³-hybridized carbons (Fsp3) is 0.417. The first-order valence-electron chi connectivity index (χ1n) is 11.0. The summed E-state index contributed by atoms with van der Waals surface area (Å²) in [6.07, 6.45) is 12.4. The van der Waals surface area contributed by atoms with E-state index in [1.807, 2.05) is 13.1 Å². The number of carboxylic acid groups (broad SMARTS) is 1. The van der Waals surface area contributed by atoms with Crippen molar-refractivity contribution in [3.05, 3.63) is 47.6 Å². The van der Waals surface area contributed by atoms with Gasteiger partial charge in [0, 0.05) is 28.8 Å². The summed E-state index contributed by atoms with van der Waals surface area (Å²) in [4.78, 5) is 21.0. The van der Waals surface area contributed by atoms with Gasteiger partial charge in [-0.3, -0.25) is 9.78 Å². The number of allylic oxidation sites excluding steroid dienone is 2. The molecule has 7 heteroatoms. The van der Waals surface area contributed by atoms with Crippen LogP contribution >= 0.6 is 0 Å². The number of hydrogen-bond acceptors (Lipinski definition) is 5. The van der Waals surface area contributed by atoms with Crippen molar-refractivity contribution in [1.82, 2.24) is 19.6 Å². The van der Waals surface area contributed by atoms with Gasteiger partial charge in [0.15, 0.2) is 5.65 Å². The van der Waals surface area contributed by atoms with E-state index in [1.54, 1.807) is 10.7 Å². The van der Waals surface area contributed by atoms with Crippen LogP contribution in [0.25, 0.3) is 22.3 Å². The highest BCUT2D eigenvalue weighted by atomic mass is 16.4. The highest BCUT2D eigenvalue weighted by Gasteiger charge is 2.29. The number of hydrogen-bond donors (Lipinski definition) is 2. The SMILES string of the molecule is Cc1c(C2CCC(C(=O)O)CC2)nc2c(-c3ccc(C4=CCCC4)nc3)cnn2c1N. The Balaban J connectivity index is 1.50. The standard InChI is InChI=1S/C24H27N5O2/c1-14-21(16-6-8-17(9-7-16)24(30)31)28-23-19(13-27-29(23)22(14)25)18-10-11-20(26-12-18)15-4-2-3-5-15/h4,10-13,16-17H,2-3,5-9,25H2,1H3,(H,30,31).